The number of amides is 1. The van der Waals surface area contributed by atoms with E-state index in [1.54, 1.807) is 6.07 Å². The molecule has 4 aromatic rings. The normalized spacial score (nSPS) is 10.7. The van der Waals surface area contributed by atoms with Crippen molar-refractivity contribution in [1.29, 1.82) is 0 Å². The van der Waals surface area contributed by atoms with Crippen LogP contribution in [0.25, 0.3) is 22.2 Å². The van der Waals surface area contributed by atoms with E-state index in [0.29, 0.717) is 11.3 Å². The number of fused-ring (bicyclic) bond motifs is 1. The third kappa shape index (κ3) is 3.68. The van der Waals surface area contributed by atoms with Gasteiger partial charge in [-0.05, 0) is 36.8 Å². The summed E-state index contributed by atoms with van der Waals surface area (Å²) in [6.07, 6.45) is 0. The fraction of sp³-hybridized carbons (Fsp3) is 0.0435. The number of carbonyl (C=O) groups excluding carboxylic acids is 1. The third-order valence-corrected chi connectivity index (χ3v) is 4.72. The quantitative estimate of drug-likeness (QED) is 0.379. The Balaban J connectivity index is 1.76. The van der Waals surface area contributed by atoms with Crippen molar-refractivity contribution in [3.63, 3.8) is 0 Å². The van der Waals surface area contributed by atoms with Crippen LogP contribution in [-0.2, 0) is 0 Å². The number of para-hydroxylation sites is 1. The number of anilines is 1. The Bertz CT molecular complexity index is 1230. The lowest BCUT2D eigenvalue weighted by Crippen LogP contribution is -2.13. The van der Waals surface area contributed by atoms with Crippen molar-refractivity contribution in [3.8, 4) is 11.3 Å². The molecule has 0 aliphatic heterocycles. The molecule has 0 saturated carbocycles. The summed E-state index contributed by atoms with van der Waals surface area (Å²) in [5.41, 5.74) is 4.42. The summed E-state index contributed by atoms with van der Waals surface area (Å²) in [7, 11) is 0. The van der Waals surface area contributed by atoms with E-state index >= 15 is 0 Å². The highest BCUT2D eigenvalue weighted by atomic mass is 16.6. The van der Waals surface area contributed by atoms with Crippen LogP contribution in [0.2, 0.25) is 0 Å². The Labute approximate surface area is 167 Å². The molecule has 0 unspecified atom stereocenters. The number of aromatic nitrogens is 1. The topological polar surface area (TPSA) is 85.1 Å². The van der Waals surface area contributed by atoms with Gasteiger partial charge in [0.05, 0.1) is 21.7 Å². The fourth-order valence-corrected chi connectivity index (χ4v) is 3.23. The lowest BCUT2D eigenvalue weighted by atomic mass is 10.0. The molecule has 6 nitrogen and oxygen atoms in total. The van der Waals surface area contributed by atoms with Gasteiger partial charge in [-0.15, -0.1) is 0 Å². The number of non-ortho nitro benzene ring substituents is 1. The zero-order valence-corrected chi connectivity index (χ0v) is 15.6. The van der Waals surface area contributed by atoms with Gasteiger partial charge in [0.25, 0.3) is 11.6 Å². The highest BCUT2D eigenvalue weighted by Crippen LogP contribution is 2.27. The van der Waals surface area contributed by atoms with E-state index in [1.807, 2.05) is 55.5 Å². The predicted molar refractivity (Wildman–Crippen MR) is 113 cm³/mol. The van der Waals surface area contributed by atoms with Gasteiger partial charge >= 0.3 is 0 Å². The Hall–Kier alpha value is -4.06. The molecule has 0 fully saturated rings. The summed E-state index contributed by atoms with van der Waals surface area (Å²) < 4.78 is 0. The highest BCUT2D eigenvalue weighted by molar-refractivity contribution is 6.13. The second kappa shape index (κ2) is 7.52. The van der Waals surface area contributed by atoms with Gasteiger partial charge < -0.3 is 5.32 Å². The molecule has 0 aliphatic carbocycles. The van der Waals surface area contributed by atoms with Gasteiger partial charge in [-0.3, -0.25) is 14.9 Å². The molecule has 29 heavy (non-hydrogen) atoms. The number of nitrogens with zero attached hydrogens (tertiary/aromatic N) is 2. The Morgan fingerprint density at radius 1 is 0.966 bits per heavy atom. The van der Waals surface area contributed by atoms with Crippen LogP contribution in [0.5, 0.6) is 0 Å². The molecule has 1 N–H and O–H groups in total. The van der Waals surface area contributed by atoms with E-state index in [4.69, 9.17) is 4.98 Å². The number of aryl methyl sites for hydroxylation is 1. The Kier molecular flexibility index (Phi) is 4.75. The van der Waals surface area contributed by atoms with E-state index in [1.165, 1.54) is 24.3 Å². The molecule has 3 aromatic carbocycles. The van der Waals surface area contributed by atoms with Crippen molar-refractivity contribution in [2.45, 2.75) is 6.92 Å². The SMILES string of the molecule is Cc1ccccc1-c1cc(C(=O)Nc2ccc([N+](=O)[O-])cc2)c2ccccc2n1. The number of nitro groups is 1. The molecule has 0 bridgehead atoms. The number of carbonyl (C=O) groups is 1. The average Bonchev–Trinajstić information content (AvgIpc) is 2.73. The van der Waals surface area contributed by atoms with E-state index in [2.05, 4.69) is 5.32 Å². The molecular weight excluding hydrogens is 366 g/mol. The summed E-state index contributed by atoms with van der Waals surface area (Å²) >= 11 is 0. The first-order chi connectivity index (χ1) is 14.0. The van der Waals surface area contributed by atoms with Crippen molar-refractivity contribution in [1.82, 2.24) is 4.98 Å². The number of hydrogen-bond acceptors (Lipinski definition) is 4. The molecule has 1 heterocycles. The van der Waals surface area contributed by atoms with Gasteiger partial charge in [0, 0.05) is 28.8 Å². The van der Waals surface area contributed by atoms with Crippen LogP contribution in [0.1, 0.15) is 15.9 Å². The predicted octanol–water partition coefficient (Wildman–Crippen LogP) is 5.37. The molecule has 0 saturated heterocycles. The lowest BCUT2D eigenvalue weighted by molar-refractivity contribution is -0.384. The van der Waals surface area contributed by atoms with Crippen LogP contribution in [0.15, 0.2) is 78.9 Å². The maximum Gasteiger partial charge on any atom is 0.269 e. The van der Waals surface area contributed by atoms with Crippen LogP contribution < -0.4 is 5.32 Å². The van der Waals surface area contributed by atoms with Crippen molar-refractivity contribution in [2.24, 2.45) is 0 Å². The zero-order valence-electron chi connectivity index (χ0n) is 15.6. The summed E-state index contributed by atoms with van der Waals surface area (Å²) in [4.78, 5) is 28.1. The monoisotopic (exact) mass is 383 g/mol. The first-order valence-electron chi connectivity index (χ1n) is 9.04. The van der Waals surface area contributed by atoms with Gasteiger partial charge in [0.15, 0.2) is 0 Å². The molecule has 0 radical (unpaired) electrons. The first kappa shape index (κ1) is 18.3. The molecule has 0 atom stereocenters. The molecule has 4 rings (SSSR count). The minimum atomic E-state index is -0.476. The average molecular weight is 383 g/mol. The van der Waals surface area contributed by atoms with Crippen LogP contribution in [0, 0.1) is 17.0 Å². The first-order valence-corrected chi connectivity index (χ1v) is 9.04. The smallest absolute Gasteiger partial charge is 0.269 e. The van der Waals surface area contributed by atoms with E-state index in [0.717, 1.165) is 27.7 Å². The van der Waals surface area contributed by atoms with Gasteiger partial charge in [-0.1, -0.05) is 42.5 Å². The van der Waals surface area contributed by atoms with Crippen molar-refractivity contribution >= 4 is 28.2 Å². The Morgan fingerprint density at radius 3 is 2.38 bits per heavy atom. The summed E-state index contributed by atoms with van der Waals surface area (Å²) in [6, 6.07) is 22.9. The van der Waals surface area contributed by atoms with Gasteiger partial charge in [0.2, 0.25) is 0 Å². The van der Waals surface area contributed by atoms with E-state index < -0.39 is 4.92 Å². The van der Waals surface area contributed by atoms with Gasteiger partial charge in [-0.25, -0.2) is 4.98 Å². The molecule has 1 amide bonds. The second-order valence-corrected chi connectivity index (χ2v) is 6.65. The van der Waals surface area contributed by atoms with Crippen molar-refractivity contribution < 1.29 is 9.72 Å². The highest BCUT2D eigenvalue weighted by Gasteiger charge is 2.15. The second-order valence-electron chi connectivity index (χ2n) is 6.65. The van der Waals surface area contributed by atoms with E-state index in [-0.39, 0.29) is 11.6 Å². The van der Waals surface area contributed by atoms with E-state index in [9.17, 15) is 14.9 Å². The molecule has 0 aliphatic rings. The Morgan fingerprint density at radius 2 is 1.66 bits per heavy atom. The fourth-order valence-electron chi connectivity index (χ4n) is 3.23. The summed E-state index contributed by atoms with van der Waals surface area (Å²) in [6.45, 7) is 2.00. The molecule has 0 spiro atoms. The van der Waals surface area contributed by atoms with Crippen LogP contribution in [-0.4, -0.2) is 15.8 Å². The number of benzene rings is 3. The van der Waals surface area contributed by atoms with Crippen LogP contribution in [0.4, 0.5) is 11.4 Å². The number of nitro benzene ring substituents is 1. The minimum Gasteiger partial charge on any atom is -0.322 e. The zero-order chi connectivity index (χ0) is 20.4. The maximum absolute atomic E-state index is 13.0. The maximum atomic E-state index is 13.0. The number of hydrogen-bond donors (Lipinski definition) is 1. The molecular formula is C23H17N3O3. The van der Waals surface area contributed by atoms with Crippen molar-refractivity contribution in [2.75, 3.05) is 5.32 Å². The number of pyridine rings is 1. The standard InChI is InChI=1S/C23H17N3O3/c1-15-6-2-3-7-18(15)22-14-20(19-8-4-5-9-21(19)25-22)23(27)24-16-10-12-17(13-11-16)26(28)29/h2-14H,1H3,(H,24,27). The lowest BCUT2D eigenvalue weighted by Gasteiger charge is -2.12. The number of nitrogens with one attached hydrogen (secondary N) is 1. The molecule has 1 aromatic heterocycles. The summed E-state index contributed by atoms with van der Waals surface area (Å²) in [5, 5.41) is 14.4. The van der Waals surface area contributed by atoms with Crippen LogP contribution >= 0.6 is 0 Å². The van der Waals surface area contributed by atoms with Gasteiger partial charge in [-0.2, -0.15) is 0 Å². The third-order valence-electron chi connectivity index (χ3n) is 4.72. The largest absolute Gasteiger partial charge is 0.322 e. The van der Waals surface area contributed by atoms with Gasteiger partial charge in [0.1, 0.15) is 0 Å². The minimum absolute atomic E-state index is 0.0285. The molecule has 142 valence electrons. The van der Waals surface area contributed by atoms with Crippen LogP contribution in [0.3, 0.4) is 0 Å². The van der Waals surface area contributed by atoms with Crippen molar-refractivity contribution in [3.05, 3.63) is 100 Å². The number of rotatable bonds is 4. The summed E-state index contributed by atoms with van der Waals surface area (Å²) in [5.74, 6) is -0.299. The molecule has 6 heteroatoms.